The zero-order valence-corrected chi connectivity index (χ0v) is 16.2. The molecule has 9 heteroatoms. The Morgan fingerprint density at radius 3 is 2.37 bits per heavy atom. The first-order chi connectivity index (χ1) is 12.9. The summed E-state index contributed by atoms with van der Waals surface area (Å²) in [6.45, 7) is 5.31. The summed E-state index contributed by atoms with van der Waals surface area (Å²) in [6, 6.07) is 7.95. The third-order valence-electron chi connectivity index (χ3n) is 4.73. The van der Waals surface area contributed by atoms with Crippen LogP contribution >= 0.6 is 0 Å². The maximum absolute atomic E-state index is 12.7. The molecule has 1 amide bonds. The second kappa shape index (κ2) is 7.79. The van der Waals surface area contributed by atoms with Gasteiger partial charge in [-0.15, -0.1) is 0 Å². The smallest absolute Gasteiger partial charge is 0.289 e. The highest BCUT2D eigenvalue weighted by molar-refractivity contribution is 7.86. The second-order valence-electron chi connectivity index (χ2n) is 6.25. The van der Waals surface area contributed by atoms with E-state index < -0.39 is 16.1 Å². The zero-order valence-electron chi connectivity index (χ0n) is 15.4. The van der Waals surface area contributed by atoms with Crippen LogP contribution in [0, 0.1) is 0 Å². The van der Waals surface area contributed by atoms with Gasteiger partial charge in [0.1, 0.15) is 5.58 Å². The second-order valence-corrected chi connectivity index (χ2v) is 8.18. The molecular weight excluding hydrogens is 370 g/mol. The van der Waals surface area contributed by atoms with Gasteiger partial charge in [-0.3, -0.25) is 9.59 Å². The summed E-state index contributed by atoms with van der Waals surface area (Å²) in [5, 5.41) is 0.421. The van der Waals surface area contributed by atoms with Gasteiger partial charge in [-0.2, -0.15) is 17.0 Å². The minimum absolute atomic E-state index is 0.0289. The highest BCUT2D eigenvalue weighted by Gasteiger charge is 2.33. The van der Waals surface area contributed by atoms with E-state index in [1.807, 2.05) is 0 Å². The number of piperazine rings is 1. The van der Waals surface area contributed by atoms with Crippen molar-refractivity contribution in [2.45, 2.75) is 13.8 Å². The van der Waals surface area contributed by atoms with Gasteiger partial charge in [-0.25, -0.2) is 0 Å². The molecule has 1 aliphatic rings. The molecule has 0 aliphatic carbocycles. The molecule has 1 saturated heterocycles. The van der Waals surface area contributed by atoms with Crippen LogP contribution < -0.4 is 5.43 Å². The minimum atomic E-state index is -3.52. The van der Waals surface area contributed by atoms with E-state index in [2.05, 4.69) is 0 Å². The van der Waals surface area contributed by atoms with Gasteiger partial charge < -0.3 is 9.32 Å². The number of carbonyl (C=O) groups excluding carboxylic acids is 1. The summed E-state index contributed by atoms with van der Waals surface area (Å²) in [7, 11) is -3.52. The minimum Gasteiger partial charge on any atom is -0.451 e. The molecular formula is C18H23N3O5S. The number of hydrogen-bond acceptors (Lipinski definition) is 5. The van der Waals surface area contributed by atoms with Crippen molar-refractivity contribution in [3.63, 3.8) is 0 Å². The largest absolute Gasteiger partial charge is 0.451 e. The van der Waals surface area contributed by atoms with E-state index in [1.165, 1.54) is 19.6 Å². The van der Waals surface area contributed by atoms with E-state index in [-0.39, 0.29) is 37.4 Å². The summed E-state index contributed by atoms with van der Waals surface area (Å²) in [5.41, 5.74) is 0.0824. The fourth-order valence-corrected chi connectivity index (χ4v) is 4.80. The van der Waals surface area contributed by atoms with Crippen molar-refractivity contribution >= 4 is 27.1 Å². The third-order valence-corrected chi connectivity index (χ3v) is 6.92. The number of benzene rings is 1. The van der Waals surface area contributed by atoms with E-state index in [4.69, 9.17) is 4.42 Å². The predicted molar refractivity (Wildman–Crippen MR) is 102 cm³/mol. The molecule has 8 nitrogen and oxygen atoms in total. The summed E-state index contributed by atoms with van der Waals surface area (Å²) in [5.74, 6) is -0.434. The van der Waals surface area contributed by atoms with Crippen LogP contribution in [-0.4, -0.2) is 67.1 Å². The van der Waals surface area contributed by atoms with Crippen molar-refractivity contribution in [3.8, 4) is 0 Å². The van der Waals surface area contributed by atoms with Gasteiger partial charge in [0.15, 0.2) is 11.2 Å². The molecule has 1 aliphatic heterocycles. The lowest BCUT2D eigenvalue weighted by molar-refractivity contribution is 0.0663. The van der Waals surface area contributed by atoms with E-state index in [0.29, 0.717) is 24.1 Å². The Kier molecular flexibility index (Phi) is 5.64. The van der Waals surface area contributed by atoms with Gasteiger partial charge in [0.05, 0.1) is 5.39 Å². The van der Waals surface area contributed by atoms with Gasteiger partial charge in [-0.1, -0.05) is 26.0 Å². The van der Waals surface area contributed by atoms with Crippen LogP contribution in [0.4, 0.5) is 0 Å². The Morgan fingerprint density at radius 2 is 1.74 bits per heavy atom. The van der Waals surface area contributed by atoms with E-state index in [0.717, 1.165) is 0 Å². The lowest BCUT2D eigenvalue weighted by Gasteiger charge is -2.36. The molecule has 1 fully saturated rings. The van der Waals surface area contributed by atoms with Crippen LogP contribution in [0.2, 0.25) is 0 Å². The first-order valence-electron chi connectivity index (χ1n) is 8.95. The summed E-state index contributed by atoms with van der Waals surface area (Å²) in [4.78, 5) is 26.4. The third kappa shape index (κ3) is 3.76. The number of para-hydroxylation sites is 1. The molecule has 3 rings (SSSR count). The van der Waals surface area contributed by atoms with Gasteiger partial charge in [0.2, 0.25) is 0 Å². The normalized spacial score (nSPS) is 16.2. The molecule has 0 radical (unpaired) electrons. The van der Waals surface area contributed by atoms with Crippen molar-refractivity contribution in [2.24, 2.45) is 0 Å². The molecule has 0 spiro atoms. The zero-order chi connectivity index (χ0) is 19.6. The molecule has 0 atom stereocenters. The molecule has 0 bridgehead atoms. The van der Waals surface area contributed by atoms with Crippen LogP contribution in [0.25, 0.3) is 11.0 Å². The Labute approximate surface area is 158 Å². The first-order valence-corrected chi connectivity index (χ1v) is 10.4. The molecule has 0 saturated carbocycles. The quantitative estimate of drug-likeness (QED) is 0.760. The van der Waals surface area contributed by atoms with E-state index in [9.17, 15) is 18.0 Å². The first kappa shape index (κ1) is 19.5. The number of nitrogens with zero attached hydrogens (tertiary/aromatic N) is 3. The highest BCUT2D eigenvalue weighted by atomic mass is 32.2. The molecule has 2 heterocycles. The van der Waals surface area contributed by atoms with Crippen LogP contribution in [0.1, 0.15) is 24.4 Å². The van der Waals surface area contributed by atoms with Crippen molar-refractivity contribution in [3.05, 3.63) is 46.3 Å². The van der Waals surface area contributed by atoms with Gasteiger partial charge in [0.25, 0.3) is 16.1 Å². The fraction of sp³-hybridized carbons (Fsp3) is 0.444. The number of carbonyl (C=O) groups is 1. The predicted octanol–water partition coefficient (Wildman–Crippen LogP) is 1.14. The number of rotatable bonds is 5. The summed E-state index contributed by atoms with van der Waals surface area (Å²) >= 11 is 0. The van der Waals surface area contributed by atoms with Crippen molar-refractivity contribution in [2.75, 3.05) is 39.3 Å². The summed E-state index contributed by atoms with van der Waals surface area (Å²) < 4.78 is 33.5. The Bertz CT molecular complexity index is 989. The monoisotopic (exact) mass is 393 g/mol. The average Bonchev–Trinajstić information content (AvgIpc) is 2.68. The van der Waals surface area contributed by atoms with Gasteiger partial charge in [0, 0.05) is 45.3 Å². The number of fused-ring (bicyclic) bond motifs is 1. The molecule has 146 valence electrons. The van der Waals surface area contributed by atoms with Crippen LogP contribution in [0.15, 0.2) is 39.5 Å². The molecule has 1 aromatic carbocycles. The topological polar surface area (TPSA) is 91.1 Å². The maximum atomic E-state index is 12.7. The standard InChI is InChI=1S/C18H23N3O5S/c1-3-20(4-2)27(24,25)21-11-9-19(10-12-21)18(23)17-13-15(22)14-7-5-6-8-16(14)26-17/h5-8,13H,3-4,9-12H2,1-2H3. The van der Waals surface area contributed by atoms with Gasteiger partial charge in [-0.05, 0) is 12.1 Å². The van der Waals surface area contributed by atoms with Crippen molar-refractivity contribution in [1.82, 2.24) is 13.5 Å². The lowest BCUT2D eigenvalue weighted by atomic mass is 10.2. The van der Waals surface area contributed by atoms with Crippen molar-refractivity contribution in [1.29, 1.82) is 0 Å². The number of amides is 1. The molecule has 1 aromatic heterocycles. The molecule has 0 unspecified atom stereocenters. The molecule has 27 heavy (non-hydrogen) atoms. The Morgan fingerprint density at radius 1 is 1.11 bits per heavy atom. The van der Waals surface area contributed by atoms with Crippen LogP contribution in [0.5, 0.6) is 0 Å². The lowest BCUT2D eigenvalue weighted by Crippen LogP contribution is -2.54. The van der Waals surface area contributed by atoms with E-state index in [1.54, 1.807) is 38.1 Å². The SMILES string of the molecule is CCN(CC)S(=O)(=O)N1CCN(C(=O)c2cc(=O)c3ccccc3o2)CC1. The Hall–Kier alpha value is -2.23. The maximum Gasteiger partial charge on any atom is 0.289 e. The van der Waals surface area contributed by atoms with Gasteiger partial charge >= 0.3 is 0 Å². The fourth-order valence-electron chi connectivity index (χ4n) is 3.20. The highest BCUT2D eigenvalue weighted by Crippen LogP contribution is 2.16. The summed E-state index contributed by atoms with van der Waals surface area (Å²) in [6.07, 6.45) is 0. The number of hydrogen-bond donors (Lipinski definition) is 0. The van der Waals surface area contributed by atoms with E-state index >= 15 is 0 Å². The van der Waals surface area contributed by atoms with Crippen molar-refractivity contribution < 1.29 is 17.6 Å². The molecule has 0 N–H and O–H groups in total. The molecule has 2 aromatic rings. The van der Waals surface area contributed by atoms with Crippen LogP contribution in [-0.2, 0) is 10.2 Å². The van der Waals surface area contributed by atoms with Crippen LogP contribution in [0.3, 0.4) is 0 Å². The average molecular weight is 393 g/mol. The Balaban J connectivity index is 1.75.